The predicted octanol–water partition coefficient (Wildman–Crippen LogP) is 0.670. The van der Waals surface area contributed by atoms with E-state index in [2.05, 4.69) is 22.5 Å². The lowest BCUT2D eigenvalue weighted by Gasteiger charge is -2.31. The Kier molecular flexibility index (Phi) is 4.42. The first kappa shape index (κ1) is 11.4. The lowest BCUT2D eigenvalue weighted by molar-refractivity contribution is 0.188. The molecule has 2 rings (SSSR count). The molecule has 0 aliphatic carbocycles. The van der Waals surface area contributed by atoms with Gasteiger partial charge in [0, 0.05) is 12.6 Å². The van der Waals surface area contributed by atoms with Crippen LogP contribution < -0.4 is 10.6 Å². The Bertz CT molecular complexity index is 170. The largest absolute Gasteiger partial charge is 0.315 e. The predicted molar refractivity (Wildman–Crippen MR) is 64.1 cm³/mol. The number of likely N-dealkylation sites (tertiary alicyclic amines) is 1. The van der Waals surface area contributed by atoms with Crippen LogP contribution in [-0.2, 0) is 0 Å². The van der Waals surface area contributed by atoms with E-state index < -0.39 is 0 Å². The molecular weight excluding hydrogens is 186 g/mol. The average molecular weight is 211 g/mol. The van der Waals surface area contributed by atoms with Crippen molar-refractivity contribution in [2.24, 2.45) is 5.92 Å². The Balaban J connectivity index is 1.59. The van der Waals surface area contributed by atoms with E-state index >= 15 is 0 Å². The second kappa shape index (κ2) is 5.83. The summed E-state index contributed by atoms with van der Waals surface area (Å²) in [5, 5.41) is 7.11. The van der Waals surface area contributed by atoms with Gasteiger partial charge in [-0.1, -0.05) is 6.92 Å². The lowest BCUT2D eigenvalue weighted by atomic mass is 9.96. The van der Waals surface area contributed by atoms with E-state index in [4.69, 9.17) is 0 Å². The van der Waals surface area contributed by atoms with Gasteiger partial charge in [0.15, 0.2) is 0 Å². The van der Waals surface area contributed by atoms with Crippen LogP contribution in [0.1, 0.15) is 26.2 Å². The van der Waals surface area contributed by atoms with Crippen LogP contribution in [0.5, 0.6) is 0 Å². The Morgan fingerprint density at radius 1 is 1.27 bits per heavy atom. The van der Waals surface area contributed by atoms with Gasteiger partial charge >= 0.3 is 0 Å². The molecule has 2 aliphatic rings. The molecule has 15 heavy (non-hydrogen) atoms. The Morgan fingerprint density at radius 3 is 2.67 bits per heavy atom. The molecule has 3 heteroatoms. The maximum atomic E-state index is 3.70. The summed E-state index contributed by atoms with van der Waals surface area (Å²) in [6.07, 6.45) is 4.09. The van der Waals surface area contributed by atoms with Gasteiger partial charge in [-0.2, -0.15) is 0 Å². The molecule has 0 aromatic rings. The van der Waals surface area contributed by atoms with Crippen molar-refractivity contribution in [3.63, 3.8) is 0 Å². The van der Waals surface area contributed by atoms with Crippen molar-refractivity contribution in [3.05, 3.63) is 0 Å². The second-order valence-corrected chi connectivity index (χ2v) is 4.98. The summed E-state index contributed by atoms with van der Waals surface area (Å²) in [6, 6.07) is 0.745. The lowest BCUT2D eigenvalue weighted by Crippen LogP contribution is -2.40. The number of nitrogens with one attached hydrogen (secondary N) is 2. The van der Waals surface area contributed by atoms with Crippen LogP contribution in [0, 0.1) is 5.92 Å². The molecule has 1 atom stereocenters. The second-order valence-electron chi connectivity index (χ2n) is 4.98. The molecule has 2 fully saturated rings. The minimum absolute atomic E-state index is 0.745. The van der Waals surface area contributed by atoms with Crippen molar-refractivity contribution in [1.29, 1.82) is 0 Å². The fraction of sp³-hybridized carbons (Fsp3) is 1.00. The number of hydrogen-bond donors (Lipinski definition) is 2. The fourth-order valence-corrected chi connectivity index (χ4v) is 2.67. The van der Waals surface area contributed by atoms with E-state index in [1.807, 2.05) is 0 Å². The first-order valence-electron chi connectivity index (χ1n) is 6.55. The standard InChI is InChI=1S/C12H25N3/c1-2-15-7-4-11(5-8-15)9-14-12-3-6-13-10-12/h11-14H,2-10H2,1H3. The molecule has 0 radical (unpaired) electrons. The Morgan fingerprint density at radius 2 is 2.07 bits per heavy atom. The highest BCUT2D eigenvalue weighted by Gasteiger charge is 2.20. The van der Waals surface area contributed by atoms with Crippen molar-refractivity contribution in [2.45, 2.75) is 32.2 Å². The monoisotopic (exact) mass is 211 g/mol. The molecule has 1 unspecified atom stereocenters. The Labute approximate surface area is 93.6 Å². The highest BCUT2D eigenvalue weighted by atomic mass is 15.1. The number of nitrogens with zero attached hydrogens (tertiary/aromatic N) is 1. The summed E-state index contributed by atoms with van der Waals surface area (Å²) in [5.41, 5.74) is 0. The zero-order valence-corrected chi connectivity index (χ0v) is 9.97. The smallest absolute Gasteiger partial charge is 0.0204 e. The van der Waals surface area contributed by atoms with Gasteiger partial charge in [-0.15, -0.1) is 0 Å². The minimum Gasteiger partial charge on any atom is -0.315 e. The molecule has 0 saturated carbocycles. The van der Waals surface area contributed by atoms with Crippen molar-refractivity contribution >= 4 is 0 Å². The van der Waals surface area contributed by atoms with Crippen molar-refractivity contribution < 1.29 is 0 Å². The third kappa shape index (κ3) is 3.44. The van der Waals surface area contributed by atoms with E-state index in [0.29, 0.717) is 0 Å². The van der Waals surface area contributed by atoms with Crippen molar-refractivity contribution in [1.82, 2.24) is 15.5 Å². The van der Waals surface area contributed by atoms with Crippen molar-refractivity contribution in [3.8, 4) is 0 Å². The van der Waals surface area contributed by atoms with Gasteiger partial charge in [0.2, 0.25) is 0 Å². The maximum Gasteiger partial charge on any atom is 0.0204 e. The summed E-state index contributed by atoms with van der Waals surface area (Å²) in [7, 11) is 0. The molecule has 0 spiro atoms. The van der Waals surface area contributed by atoms with E-state index in [9.17, 15) is 0 Å². The van der Waals surface area contributed by atoms with Crippen LogP contribution in [0.4, 0.5) is 0 Å². The molecule has 0 aromatic heterocycles. The third-order valence-corrected chi connectivity index (χ3v) is 3.91. The van der Waals surface area contributed by atoms with E-state index in [1.54, 1.807) is 0 Å². The fourth-order valence-electron chi connectivity index (χ4n) is 2.67. The van der Waals surface area contributed by atoms with Crippen LogP contribution in [0.3, 0.4) is 0 Å². The molecule has 0 amide bonds. The quantitative estimate of drug-likeness (QED) is 0.716. The molecule has 2 saturated heterocycles. The van der Waals surface area contributed by atoms with E-state index in [0.717, 1.165) is 12.0 Å². The summed E-state index contributed by atoms with van der Waals surface area (Å²) in [4.78, 5) is 2.56. The first-order chi connectivity index (χ1) is 7.38. The third-order valence-electron chi connectivity index (χ3n) is 3.91. The molecule has 2 aliphatic heterocycles. The molecule has 2 heterocycles. The van der Waals surface area contributed by atoms with E-state index in [1.165, 1.54) is 58.5 Å². The molecular formula is C12H25N3. The number of hydrogen-bond acceptors (Lipinski definition) is 3. The van der Waals surface area contributed by atoms with Crippen molar-refractivity contribution in [2.75, 3.05) is 39.3 Å². The minimum atomic E-state index is 0.745. The molecule has 0 bridgehead atoms. The number of rotatable bonds is 4. The summed E-state index contributed by atoms with van der Waals surface area (Å²) in [6.45, 7) is 9.73. The SMILES string of the molecule is CCN1CCC(CNC2CCNC2)CC1. The summed E-state index contributed by atoms with van der Waals surface area (Å²) in [5.74, 6) is 0.924. The van der Waals surface area contributed by atoms with Crippen LogP contribution in [0.15, 0.2) is 0 Å². The normalized spacial score (nSPS) is 29.8. The van der Waals surface area contributed by atoms with Gasteiger partial charge in [0.25, 0.3) is 0 Å². The molecule has 88 valence electrons. The van der Waals surface area contributed by atoms with Crippen LogP contribution in [0.2, 0.25) is 0 Å². The average Bonchev–Trinajstić information content (AvgIpc) is 2.80. The van der Waals surface area contributed by atoms with Crippen LogP contribution in [0.25, 0.3) is 0 Å². The van der Waals surface area contributed by atoms with Gasteiger partial charge in [-0.05, 0) is 57.9 Å². The molecule has 2 N–H and O–H groups in total. The van der Waals surface area contributed by atoms with Gasteiger partial charge in [0.05, 0.1) is 0 Å². The number of piperidine rings is 1. The van der Waals surface area contributed by atoms with Crippen LogP contribution >= 0.6 is 0 Å². The zero-order chi connectivity index (χ0) is 10.5. The zero-order valence-electron chi connectivity index (χ0n) is 9.97. The van der Waals surface area contributed by atoms with E-state index in [-0.39, 0.29) is 0 Å². The van der Waals surface area contributed by atoms with Crippen LogP contribution in [-0.4, -0.2) is 50.2 Å². The molecule has 3 nitrogen and oxygen atoms in total. The summed E-state index contributed by atoms with van der Waals surface area (Å²) < 4.78 is 0. The van der Waals surface area contributed by atoms with Gasteiger partial charge in [-0.25, -0.2) is 0 Å². The van der Waals surface area contributed by atoms with Gasteiger partial charge in [-0.3, -0.25) is 0 Å². The summed E-state index contributed by atoms with van der Waals surface area (Å²) >= 11 is 0. The molecule has 0 aromatic carbocycles. The van der Waals surface area contributed by atoms with Gasteiger partial charge in [0.1, 0.15) is 0 Å². The highest BCUT2D eigenvalue weighted by Crippen LogP contribution is 2.16. The Hall–Kier alpha value is -0.120. The topological polar surface area (TPSA) is 27.3 Å². The highest BCUT2D eigenvalue weighted by molar-refractivity contribution is 4.80. The van der Waals surface area contributed by atoms with Gasteiger partial charge < -0.3 is 15.5 Å². The maximum absolute atomic E-state index is 3.70. The first-order valence-corrected chi connectivity index (χ1v) is 6.55.